The summed E-state index contributed by atoms with van der Waals surface area (Å²) < 4.78 is 24.1. The molecule has 0 heterocycles. The summed E-state index contributed by atoms with van der Waals surface area (Å²) >= 11 is -4.71. The molecule has 98 valence electrons. The second-order valence-corrected chi connectivity index (χ2v) is 10.4. The van der Waals surface area contributed by atoms with Crippen molar-refractivity contribution in [1.82, 2.24) is 0 Å². The number of rotatable bonds is 10. The summed E-state index contributed by atoms with van der Waals surface area (Å²) in [5.41, 5.74) is 21.6. The molecule has 0 radical (unpaired) electrons. The van der Waals surface area contributed by atoms with Crippen molar-refractivity contribution in [3.63, 3.8) is 0 Å². The molecule has 8 heteroatoms. The third kappa shape index (κ3) is 5.07. The van der Waals surface area contributed by atoms with Crippen LogP contribution in [0.25, 0.3) is 0 Å². The number of hydrogen-bond donors (Lipinski definition) is 4. The van der Waals surface area contributed by atoms with E-state index < -0.39 is 16.1 Å². The minimum atomic E-state index is -4.71. The molecule has 0 saturated carbocycles. The summed E-state index contributed by atoms with van der Waals surface area (Å²) in [6, 6.07) is 0. The molecule has 0 aromatic carbocycles. The van der Waals surface area contributed by atoms with E-state index in [1.54, 1.807) is 0 Å². The van der Waals surface area contributed by atoms with Crippen LogP contribution in [-0.4, -0.2) is 39.4 Å². The third-order valence-electron chi connectivity index (χ3n) is 2.34. The molecule has 0 aromatic heterocycles. The van der Waals surface area contributed by atoms with Crippen LogP contribution in [0.1, 0.15) is 0 Å². The second-order valence-electron chi connectivity index (χ2n) is 3.72. The van der Waals surface area contributed by atoms with Gasteiger partial charge in [-0.3, -0.25) is 0 Å². The fourth-order valence-corrected chi connectivity index (χ4v) is 6.54. The summed E-state index contributed by atoms with van der Waals surface area (Å²) in [4.78, 5) is 0. The van der Waals surface area contributed by atoms with Gasteiger partial charge in [0.05, 0.1) is 0 Å². The Balaban J connectivity index is 4.80. The summed E-state index contributed by atoms with van der Waals surface area (Å²) in [6.07, 6.45) is 0. The molecule has 0 aromatic rings. The molecule has 8 N–H and O–H groups in total. The van der Waals surface area contributed by atoms with Crippen LogP contribution in [0.15, 0.2) is 0 Å². The van der Waals surface area contributed by atoms with Gasteiger partial charge >= 0.3 is 97.8 Å². The maximum atomic E-state index is 12.9. The van der Waals surface area contributed by atoms with Gasteiger partial charge in [-0.1, -0.05) is 0 Å². The molecule has 0 aliphatic heterocycles. The van der Waals surface area contributed by atoms with E-state index in [1.807, 2.05) is 0 Å². The average Bonchev–Trinajstić information content (AvgIpc) is 2.25. The van der Waals surface area contributed by atoms with Gasteiger partial charge in [-0.15, -0.1) is 0 Å². The Morgan fingerprint density at radius 3 is 1.38 bits per heavy atom. The molecule has 0 aliphatic rings. The molecule has 7 nitrogen and oxygen atoms in total. The van der Waals surface area contributed by atoms with E-state index in [1.165, 1.54) is 0 Å². The fraction of sp³-hybridized carbons (Fsp3) is 1.00. The van der Waals surface area contributed by atoms with Crippen LogP contribution in [0.4, 0.5) is 0 Å². The topological polar surface area (TPSA) is 140 Å². The quantitative estimate of drug-likeness (QED) is 0.357. The fourth-order valence-electron chi connectivity index (χ4n) is 1.59. The van der Waals surface area contributed by atoms with Crippen LogP contribution in [0, 0.1) is 0 Å². The van der Waals surface area contributed by atoms with Gasteiger partial charge in [0.15, 0.2) is 0 Å². The SMILES string of the molecule is NCC[O][Ti](=[O])([CH2]CN)([CH2]CN)[O]CCN. The molecule has 0 aliphatic carbocycles. The Morgan fingerprint density at radius 2 is 1.12 bits per heavy atom. The molecule has 0 saturated heterocycles. The predicted octanol–water partition coefficient (Wildman–Crippen LogP) is -1.44. The van der Waals surface area contributed by atoms with Crippen molar-refractivity contribution in [3.8, 4) is 0 Å². The molecule has 0 bridgehead atoms. The Kier molecular flexibility index (Phi) is 7.70. The Bertz CT molecular complexity index is 225. The first-order valence-corrected chi connectivity index (χ1v) is 9.65. The maximum absolute atomic E-state index is 12.9. The summed E-state index contributed by atoms with van der Waals surface area (Å²) in [5.74, 6) is 0. The van der Waals surface area contributed by atoms with Crippen molar-refractivity contribution in [2.75, 3.05) is 39.4 Å². The summed E-state index contributed by atoms with van der Waals surface area (Å²) in [6.45, 7) is 1.40. The van der Waals surface area contributed by atoms with Crippen LogP contribution in [0.2, 0.25) is 9.45 Å². The summed E-state index contributed by atoms with van der Waals surface area (Å²) in [5, 5.41) is 0. The minimum absolute atomic E-state index is 0.186. The number of nitrogens with two attached hydrogens (primary N) is 4. The molecular weight excluding hydrogens is 248 g/mol. The monoisotopic (exact) mass is 272 g/mol. The normalized spacial score (nSPS) is 13.1. The van der Waals surface area contributed by atoms with Crippen molar-refractivity contribution >= 4 is 0 Å². The van der Waals surface area contributed by atoms with Gasteiger partial charge < -0.3 is 0 Å². The van der Waals surface area contributed by atoms with Gasteiger partial charge in [0, 0.05) is 0 Å². The van der Waals surface area contributed by atoms with E-state index in [-0.39, 0.29) is 48.8 Å². The Labute approximate surface area is 98.0 Å². The zero-order valence-corrected chi connectivity index (χ0v) is 11.3. The molecule has 0 amide bonds. The van der Waals surface area contributed by atoms with E-state index in [0.29, 0.717) is 0 Å². The van der Waals surface area contributed by atoms with Crippen LogP contribution in [0.3, 0.4) is 0 Å². The van der Waals surface area contributed by atoms with Gasteiger partial charge in [0.25, 0.3) is 0 Å². The van der Waals surface area contributed by atoms with Crippen LogP contribution in [0.5, 0.6) is 0 Å². The van der Waals surface area contributed by atoms with E-state index in [0.717, 1.165) is 0 Å². The average molecular weight is 272 g/mol. The van der Waals surface area contributed by atoms with Crippen LogP contribution < -0.4 is 22.9 Å². The van der Waals surface area contributed by atoms with Crippen LogP contribution in [-0.2, 0) is 26.0 Å². The van der Waals surface area contributed by atoms with Gasteiger partial charge in [-0.25, -0.2) is 0 Å². The zero-order chi connectivity index (χ0) is 12.5. The molecule has 0 spiro atoms. The first-order chi connectivity index (χ1) is 7.54. The molecular formula is C8H24N4O3Ti. The molecule has 0 atom stereocenters. The van der Waals surface area contributed by atoms with Crippen LogP contribution >= 0.6 is 0 Å². The van der Waals surface area contributed by atoms with E-state index in [2.05, 4.69) is 0 Å². The first kappa shape index (κ1) is 16.3. The van der Waals surface area contributed by atoms with Gasteiger partial charge in [-0.2, -0.15) is 0 Å². The molecule has 0 fully saturated rings. The Hall–Kier alpha value is 0.274. The Morgan fingerprint density at radius 1 is 0.750 bits per heavy atom. The van der Waals surface area contributed by atoms with Crippen molar-refractivity contribution in [2.45, 2.75) is 9.45 Å². The van der Waals surface area contributed by atoms with E-state index in [9.17, 15) is 3.32 Å². The van der Waals surface area contributed by atoms with Gasteiger partial charge in [-0.05, 0) is 0 Å². The predicted molar refractivity (Wildman–Crippen MR) is 58.4 cm³/mol. The van der Waals surface area contributed by atoms with Crippen molar-refractivity contribution in [1.29, 1.82) is 0 Å². The zero-order valence-electron chi connectivity index (χ0n) is 9.69. The molecule has 16 heavy (non-hydrogen) atoms. The van der Waals surface area contributed by atoms with Crippen molar-refractivity contribution in [2.24, 2.45) is 22.9 Å². The van der Waals surface area contributed by atoms with Crippen molar-refractivity contribution < 1.29 is 26.0 Å². The van der Waals surface area contributed by atoms with E-state index in [4.69, 9.17) is 29.6 Å². The van der Waals surface area contributed by atoms with Gasteiger partial charge in [0.2, 0.25) is 0 Å². The second kappa shape index (κ2) is 7.57. The first-order valence-electron chi connectivity index (χ1n) is 5.53. The molecule has 0 rings (SSSR count). The summed E-state index contributed by atoms with van der Waals surface area (Å²) in [7, 11) is 0. The standard InChI is InChI=1S/2C2H6NO.2C2H6N.O.Ti/c2*3-1-2-4;2*1-2-3;;/h2*1-3H2;2*1-3H2;;/q2*-1;;;;+2. The van der Waals surface area contributed by atoms with E-state index >= 15 is 0 Å². The third-order valence-corrected chi connectivity index (χ3v) is 8.91. The van der Waals surface area contributed by atoms with Crippen molar-refractivity contribution in [3.05, 3.63) is 0 Å². The molecule has 0 unspecified atom stereocenters. The number of hydrogen-bond acceptors (Lipinski definition) is 7. The van der Waals surface area contributed by atoms with Gasteiger partial charge in [0.1, 0.15) is 0 Å².